The number of nitrogens with one attached hydrogen (secondary N) is 2. The molecule has 1 aliphatic rings. The molecule has 7 nitrogen and oxygen atoms in total. The van der Waals surface area contributed by atoms with Crippen LogP contribution < -0.4 is 10.9 Å². The average Bonchev–Trinajstić information content (AvgIpc) is 2.79. The Labute approximate surface area is 128 Å². The van der Waals surface area contributed by atoms with Gasteiger partial charge < -0.3 is 10.2 Å². The van der Waals surface area contributed by atoms with E-state index in [4.69, 9.17) is 4.74 Å². The van der Waals surface area contributed by atoms with E-state index >= 15 is 0 Å². The molecule has 0 radical (unpaired) electrons. The van der Waals surface area contributed by atoms with Gasteiger partial charge in [0.25, 0.3) is 0 Å². The second-order valence-corrected chi connectivity index (χ2v) is 5.55. The van der Waals surface area contributed by atoms with Gasteiger partial charge in [-0.3, -0.25) is 9.59 Å². The number of ketones is 2. The van der Waals surface area contributed by atoms with Gasteiger partial charge in [0.2, 0.25) is 6.10 Å². The number of pyridine rings is 1. The Morgan fingerprint density at radius 1 is 1.32 bits per heavy atom. The standard InChI is InChI=1S/C15H19N3O4/c1-9(2)7-17-18-13-6-3-10(8-16-13)15(21)22-14-11(19)4-5-12(14)20/h3,6,8-9,14,17H,4-5,7H2,1-2H3,(H,16,18). The summed E-state index contributed by atoms with van der Waals surface area (Å²) in [6, 6.07) is 3.14. The lowest BCUT2D eigenvalue weighted by Gasteiger charge is -2.11. The number of rotatable bonds is 6. The van der Waals surface area contributed by atoms with E-state index in [1.807, 2.05) is 0 Å². The van der Waals surface area contributed by atoms with Gasteiger partial charge in [0.1, 0.15) is 5.82 Å². The molecule has 0 amide bonds. The Kier molecular flexibility index (Phi) is 5.21. The van der Waals surface area contributed by atoms with E-state index in [1.165, 1.54) is 12.3 Å². The van der Waals surface area contributed by atoms with E-state index in [9.17, 15) is 14.4 Å². The third-order valence-electron chi connectivity index (χ3n) is 3.15. The zero-order valence-corrected chi connectivity index (χ0v) is 12.6. The second-order valence-electron chi connectivity index (χ2n) is 5.55. The van der Waals surface area contributed by atoms with E-state index in [0.29, 0.717) is 11.7 Å². The lowest BCUT2D eigenvalue weighted by Crippen LogP contribution is -2.28. The van der Waals surface area contributed by atoms with E-state index in [-0.39, 0.29) is 30.0 Å². The molecule has 2 rings (SSSR count). The van der Waals surface area contributed by atoms with Gasteiger partial charge in [-0.05, 0) is 18.1 Å². The summed E-state index contributed by atoms with van der Waals surface area (Å²) in [6.07, 6.45) is 0.364. The number of ether oxygens (including phenoxy) is 1. The molecule has 0 unspecified atom stereocenters. The van der Waals surface area contributed by atoms with Crippen molar-refractivity contribution in [3.8, 4) is 0 Å². The summed E-state index contributed by atoms with van der Waals surface area (Å²) in [4.78, 5) is 38.9. The Hall–Kier alpha value is -2.28. The predicted molar refractivity (Wildman–Crippen MR) is 79.2 cm³/mol. The number of hydrogen-bond acceptors (Lipinski definition) is 7. The van der Waals surface area contributed by atoms with Crippen LogP contribution in [0.15, 0.2) is 18.3 Å². The van der Waals surface area contributed by atoms with Crippen molar-refractivity contribution in [1.82, 2.24) is 10.4 Å². The van der Waals surface area contributed by atoms with Gasteiger partial charge in [0.15, 0.2) is 11.6 Å². The van der Waals surface area contributed by atoms with Gasteiger partial charge >= 0.3 is 5.97 Å². The first kappa shape index (κ1) is 16.1. The highest BCUT2D eigenvalue weighted by molar-refractivity contribution is 6.13. The van der Waals surface area contributed by atoms with Gasteiger partial charge in [0.05, 0.1) is 5.56 Å². The van der Waals surface area contributed by atoms with Gasteiger partial charge in [-0.15, -0.1) is 0 Å². The minimum Gasteiger partial charge on any atom is -0.443 e. The van der Waals surface area contributed by atoms with Crippen molar-refractivity contribution in [3.63, 3.8) is 0 Å². The van der Waals surface area contributed by atoms with Crippen molar-refractivity contribution in [2.75, 3.05) is 12.0 Å². The maximum atomic E-state index is 11.9. The Morgan fingerprint density at radius 3 is 2.55 bits per heavy atom. The largest absolute Gasteiger partial charge is 0.443 e. The summed E-state index contributed by atoms with van der Waals surface area (Å²) >= 11 is 0. The molecule has 1 saturated carbocycles. The van der Waals surface area contributed by atoms with Gasteiger partial charge in [0, 0.05) is 25.6 Å². The summed E-state index contributed by atoms with van der Waals surface area (Å²) in [5.74, 6) is -0.360. The molecule has 1 aliphatic carbocycles. The van der Waals surface area contributed by atoms with Crippen molar-refractivity contribution in [3.05, 3.63) is 23.9 Å². The molecular weight excluding hydrogens is 286 g/mol. The van der Waals surface area contributed by atoms with Crippen LogP contribution in [0.3, 0.4) is 0 Å². The van der Waals surface area contributed by atoms with Crippen LogP contribution in [0.5, 0.6) is 0 Å². The van der Waals surface area contributed by atoms with E-state index in [2.05, 4.69) is 29.7 Å². The topological polar surface area (TPSA) is 97.4 Å². The Balaban J connectivity index is 1.91. The molecule has 0 aromatic carbocycles. The number of anilines is 1. The van der Waals surface area contributed by atoms with Crippen molar-refractivity contribution < 1.29 is 19.1 Å². The first-order valence-corrected chi connectivity index (χ1v) is 7.18. The fourth-order valence-electron chi connectivity index (χ4n) is 1.93. The summed E-state index contributed by atoms with van der Waals surface area (Å²) in [5.41, 5.74) is 6.11. The number of Topliss-reactive ketones (excluding diaryl/α,β-unsaturated/α-hetero) is 2. The SMILES string of the molecule is CC(C)CNNc1ccc(C(=O)OC2C(=O)CCC2=O)cn1. The number of hydrogen-bond donors (Lipinski definition) is 2. The molecule has 118 valence electrons. The maximum Gasteiger partial charge on any atom is 0.340 e. The highest BCUT2D eigenvalue weighted by Crippen LogP contribution is 2.16. The number of aromatic nitrogens is 1. The summed E-state index contributed by atoms with van der Waals surface area (Å²) in [7, 11) is 0. The van der Waals surface area contributed by atoms with E-state index in [0.717, 1.165) is 6.54 Å². The molecular formula is C15H19N3O4. The van der Waals surface area contributed by atoms with Crippen LogP contribution in [0.2, 0.25) is 0 Å². The van der Waals surface area contributed by atoms with E-state index < -0.39 is 12.1 Å². The van der Waals surface area contributed by atoms with Crippen LogP contribution in [0, 0.1) is 5.92 Å². The predicted octanol–water partition coefficient (Wildman–Crippen LogP) is 1.11. The number of esters is 1. The molecule has 22 heavy (non-hydrogen) atoms. The van der Waals surface area contributed by atoms with Gasteiger partial charge in [-0.2, -0.15) is 0 Å². The molecule has 0 spiro atoms. The smallest absolute Gasteiger partial charge is 0.340 e. The summed E-state index contributed by atoms with van der Waals surface area (Å²) in [6.45, 7) is 4.93. The lowest BCUT2D eigenvalue weighted by atomic mass is 10.2. The zero-order chi connectivity index (χ0) is 16.1. The third-order valence-corrected chi connectivity index (χ3v) is 3.15. The number of hydrazine groups is 1. The minimum atomic E-state index is -1.25. The molecule has 1 fully saturated rings. The summed E-state index contributed by atoms with van der Waals surface area (Å²) < 4.78 is 4.96. The molecule has 7 heteroatoms. The third kappa shape index (κ3) is 4.11. The van der Waals surface area contributed by atoms with E-state index in [1.54, 1.807) is 6.07 Å². The molecule has 0 aliphatic heterocycles. The first-order chi connectivity index (χ1) is 10.5. The Morgan fingerprint density at radius 2 is 2.00 bits per heavy atom. The molecule has 1 aromatic rings. The maximum absolute atomic E-state index is 11.9. The van der Waals surface area contributed by atoms with Crippen molar-refractivity contribution >= 4 is 23.4 Å². The zero-order valence-electron chi connectivity index (χ0n) is 12.6. The molecule has 0 atom stereocenters. The van der Waals surface area contributed by atoms with Crippen LogP contribution in [-0.4, -0.2) is 35.2 Å². The fraction of sp³-hybridized carbons (Fsp3) is 0.467. The molecule has 2 N–H and O–H groups in total. The van der Waals surface area contributed by atoms with Crippen molar-refractivity contribution in [1.29, 1.82) is 0 Å². The first-order valence-electron chi connectivity index (χ1n) is 7.18. The van der Waals surface area contributed by atoms with Gasteiger partial charge in [-0.1, -0.05) is 13.8 Å². The molecule has 1 aromatic heterocycles. The lowest BCUT2D eigenvalue weighted by molar-refractivity contribution is -0.133. The van der Waals surface area contributed by atoms with Crippen molar-refractivity contribution in [2.45, 2.75) is 32.8 Å². The normalized spacial score (nSPS) is 15.4. The highest BCUT2D eigenvalue weighted by Gasteiger charge is 2.36. The molecule has 0 bridgehead atoms. The van der Waals surface area contributed by atoms with Gasteiger partial charge in [-0.25, -0.2) is 15.2 Å². The number of carbonyl (C=O) groups excluding carboxylic acids is 3. The van der Waals surface area contributed by atoms with Crippen LogP contribution in [-0.2, 0) is 14.3 Å². The van der Waals surface area contributed by atoms with Crippen LogP contribution in [0.4, 0.5) is 5.82 Å². The number of nitrogens with zero attached hydrogens (tertiary/aromatic N) is 1. The second kappa shape index (κ2) is 7.13. The molecule has 1 heterocycles. The monoisotopic (exact) mass is 305 g/mol. The van der Waals surface area contributed by atoms with Crippen LogP contribution in [0.1, 0.15) is 37.0 Å². The summed E-state index contributed by atoms with van der Waals surface area (Å²) in [5, 5.41) is 0. The van der Waals surface area contributed by atoms with Crippen LogP contribution in [0.25, 0.3) is 0 Å². The number of carbonyl (C=O) groups is 3. The highest BCUT2D eigenvalue weighted by atomic mass is 16.6. The quantitative estimate of drug-likeness (QED) is 0.461. The fourth-order valence-corrected chi connectivity index (χ4v) is 1.93. The average molecular weight is 305 g/mol. The molecule has 0 saturated heterocycles. The minimum absolute atomic E-state index is 0.138. The van der Waals surface area contributed by atoms with Crippen molar-refractivity contribution in [2.24, 2.45) is 5.92 Å². The Bertz CT molecular complexity index is 553. The van der Waals surface area contributed by atoms with Crippen LogP contribution >= 0.6 is 0 Å².